The van der Waals surface area contributed by atoms with E-state index in [0.29, 0.717) is 12.7 Å². The van der Waals surface area contributed by atoms with Crippen LogP contribution in [0.3, 0.4) is 0 Å². The highest BCUT2D eigenvalue weighted by atomic mass is 16.4. The Balaban J connectivity index is 2.23. The van der Waals surface area contributed by atoms with Crippen molar-refractivity contribution in [1.29, 1.82) is 0 Å². The van der Waals surface area contributed by atoms with Gasteiger partial charge < -0.3 is 5.11 Å². The molecule has 0 heterocycles. The van der Waals surface area contributed by atoms with Crippen molar-refractivity contribution in [3.8, 4) is 0 Å². The van der Waals surface area contributed by atoms with Gasteiger partial charge in [-0.15, -0.1) is 0 Å². The fourth-order valence-corrected chi connectivity index (χ4v) is 2.08. The molecule has 0 radical (unpaired) electrons. The van der Waals surface area contributed by atoms with Gasteiger partial charge in [0.1, 0.15) is 0 Å². The highest BCUT2D eigenvalue weighted by molar-refractivity contribution is 5.98. The zero-order chi connectivity index (χ0) is 13.7. The first-order chi connectivity index (χ1) is 9.22. The Bertz CT molecular complexity index is 588. The summed E-state index contributed by atoms with van der Waals surface area (Å²) in [7, 11) is 0. The monoisotopic (exact) mass is 254 g/mol. The van der Waals surface area contributed by atoms with Crippen LogP contribution in [0.1, 0.15) is 31.8 Å². The number of carbonyl (C=O) groups excluding carboxylic acids is 1. The predicted octanol–water partition coefficient (Wildman–Crippen LogP) is 2.98. The Morgan fingerprint density at radius 3 is 2.37 bits per heavy atom. The topological polar surface area (TPSA) is 54.4 Å². The SMILES string of the molecule is O=Cc1c(CCc2ccccc2)cccc1C(=O)O. The number of aryl methyl sites for hydroxylation is 2. The molecule has 3 nitrogen and oxygen atoms in total. The minimum Gasteiger partial charge on any atom is -0.478 e. The second-order valence-electron chi connectivity index (χ2n) is 4.29. The van der Waals surface area contributed by atoms with Gasteiger partial charge in [-0.25, -0.2) is 4.79 Å². The molecule has 0 unspecified atom stereocenters. The predicted molar refractivity (Wildman–Crippen MR) is 72.6 cm³/mol. The first-order valence-electron chi connectivity index (χ1n) is 6.06. The van der Waals surface area contributed by atoms with Crippen LogP contribution >= 0.6 is 0 Å². The Morgan fingerprint density at radius 1 is 1.00 bits per heavy atom. The number of rotatable bonds is 5. The summed E-state index contributed by atoms with van der Waals surface area (Å²) in [5.41, 5.74) is 2.30. The molecule has 0 spiro atoms. The summed E-state index contributed by atoms with van der Waals surface area (Å²) in [6, 6.07) is 14.8. The van der Waals surface area contributed by atoms with Crippen molar-refractivity contribution in [2.75, 3.05) is 0 Å². The second kappa shape index (κ2) is 5.96. The largest absolute Gasteiger partial charge is 0.478 e. The smallest absolute Gasteiger partial charge is 0.336 e. The van der Waals surface area contributed by atoms with Gasteiger partial charge in [-0.05, 0) is 30.0 Å². The average molecular weight is 254 g/mol. The first-order valence-corrected chi connectivity index (χ1v) is 6.06. The van der Waals surface area contributed by atoms with Gasteiger partial charge in [-0.2, -0.15) is 0 Å². The molecule has 0 bridgehead atoms. The molecule has 0 amide bonds. The summed E-state index contributed by atoms with van der Waals surface area (Å²) in [5, 5.41) is 9.05. The van der Waals surface area contributed by atoms with E-state index in [9.17, 15) is 9.59 Å². The fraction of sp³-hybridized carbons (Fsp3) is 0.125. The van der Waals surface area contributed by atoms with Gasteiger partial charge in [0.2, 0.25) is 0 Å². The molecule has 0 saturated heterocycles. The first kappa shape index (κ1) is 13.0. The van der Waals surface area contributed by atoms with Gasteiger partial charge in [0.15, 0.2) is 6.29 Å². The molecule has 3 heteroatoms. The van der Waals surface area contributed by atoms with E-state index in [2.05, 4.69) is 0 Å². The highest BCUT2D eigenvalue weighted by Gasteiger charge is 2.12. The molecule has 19 heavy (non-hydrogen) atoms. The van der Waals surface area contributed by atoms with Gasteiger partial charge in [0.05, 0.1) is 5.56 Å². The Hall–Kier alpha value is -2.42. The molecule has 1 N–H and O–H groups in total. The third-order valence-corrected chi connectivity index (χ3v) is 3.07. The van der Waals surface area contributed by atoms with Crippen molar-refractivity contribution in [2.45, 2.75) is 12.8 Å². The maximum Gasteiger partial charge on any atom is 0.336 e. The molecule has 0 aliphatic rings. The summed E-state index contributed by atoms with van der Waals surface area (Å²) in [6.07, 6.45) is 2.06. The van der Waals surface area contributed by atoms with Crippen molar-refractivity contribution < 1.29 is 14.7 Å². The van der Waals surface area contributed by atoms with Crippen molar-refractivity contribution in [1.82, 2.24) is 0 Å². The lowest BCUT2D eigenvalue weighted by atomic mass is 9.96. The molecule has 0 aliphatic carbocycles. The van der Waals surface area contributed by atoms with Gasteiger partial charge in [0.25, 0.3) is 0 Å². The van der Waals surface area contributed by atoms with Crippen molar-refractivity contribution in [3.63, 3.8) is 0 Å². The van der Waals surface area contributed by atoms with Gasteiger partial charge in [-0.3, -0.25) is 4.79 Å². The molecule has 0 aromatic heterocycles. The van der Waals surface area contributed by atoms with Crippen LogP contribution < -0.4 is 0 Å². The maximum atomic E-state index is 11.1. The third kappa shape index (κ3) is 3.07. The fourth-order valence-electron chi connectivity index (χ4n) is 2.08. The normalized spacial score (nSPS) is 10.1. The van der Waals surface area contributed by atoms with Crippen LogP contribution in [0.25, 0.3) is 0 Å². The van der Waals surface area contributed by atoms with Crippen molar-refractivity contribution in [2.24, 2.45) is 0 Å². The van der Waals surface area contributed by atoms with Gasteiger partial charge in [-0.1, -0.05) is 42.5 Å². The lowest BCUT2D eigenvalue weighted by Gasteiger charge is -2.07. The van der Waals surface area contributed by atoms with Crippen LogP contribution in [0.2, 0.25) is 0 Å². The van der Waals surface area contributed by atoms with E-state index >= 15 is 0 Å². The summed E-state index contributed by atoms with van der Waals surface area (Å²) >= 11 is 0. The van der Waals surface area contributed by atoms with Crippen LogP contribution in [-0.2, 0) is 12.8 Å². The van der Waals surface area contributed by atoms with E-state index in [1.165, 1.54) is 11.6 Å². The number of aromatic carboxylic acids is 1. The summed E-state index contributed by atoms with van der Waals surface area (Å²) in [5.74, 6) is -1.07. The average Bonchev–Trinajstić information content (AvgIpc) is 2.45. The molecule has 0 aliphatic heterocycles. The third-order valence-electron chi connectivity index (χ3n) is 3.07. The molecule has 0 atom stereocenters. The number of hydrogen-bond acceptors (Lipinski definition) is 2. The van der Waals surface area contributed by atoms with Crippen molar-refractivity contribution >= 4 is 12.3 Å². The van der Waals surface area contributed by atoms with Crippen molar-refractivity contribution in [3.05, 3.63) is 70.8 Å². The Kier molecular flexibility index (Phi) is 4.08. The number of benzene rings is 2. The number of hydrogen-bond donors (Lipinski definition) is 1. The minimum atomic E-state index is -1.07. The Morgan fingerprint density at radius 2 is 1.74 bits per heavy atom. The molecule has 96 valence electrons. The zero-order valence-corrected chi connectivity index (χ0v) is 10.4. The van der Waals surface area contributed by atoms with E-state index < -0.39 is 5.97 Å². The zero-order valence-electron chi connectivity index (χ0n) is 10.4. The van der Waals surface area contributed by atoms with Crippen LogP contribution in [0.5, 0.6) is 0 Å². The lowest BCUT2D eigenvalue weighted by molar-refractivity contribution is 0.0694. The van der Waals surface area contributed by atoms with Crippen LogP contribution in [-0.4, -0.2) is 17.4 Å². The molecule has 0 saturated carbocycles. The molecule has 2 rings (SSSR count). The van der Waals surface area contributed by atoms with E-state index in [1.807, 2.05) is 30.3 Å². The van der Waals surface area contributed by atoms with Crippen LogP contribution in [0, 0.1) is 0 Å². The number of carboxylic acids is 1. The van der Waals surface area contributed by atoms with Crippen LogP contribution in [0.15, 0.2) is 48.5 Å². The summed E-state index contributed by atoms with van der Waals surface area (Å²) in [6.45, 7) is 0. The summed E-state index contributed by atoms with van der Waals surface area (Å²) < 4.78 is 0. The number of carbonyl (C=O) groups is 2. The lowest BCUT2D eigenvalue weighted by Crippen LogP contribution is -2.06. The van der Waals surface area contributed by atoms with Gasteiger partial charge >= 0.3 is 5.97 Å². The van der Waals surface area contributed by atoms with E-state index in [1.54, 1.807) is 12.1 Å². The molecule has 2 aromatic rings. The highest BCUT2D eigenvalue weighted by Crippen LogP contribution is 2.15. The molecule has 0 fully saturated rings. The quantitative estimate of drug-likeness (QED) is 0.834. The van der Waals surface area contributed by atoms with Gasteiger partial charge in [0, 0.05) is 5.56 Å². The molecular formula is C16H14O3. The minimum absolute atomic E-state index is 0.0700. The van der Waals surface area contributed by atoms with Crippen LogP contribution in [0.4, 0.5) is 0 Å². The van der Waals surface area contributed by atoms with E-state index in [4.69, 9.17) is 5.11 Å². The van der Waals surface area contributed by atoms with E-state index in [0.717, 1.165) is 12.0 Å². The van der Waals surface area contributed by atoms with E-state index in [-0.39, 0.29) is 11.1 Å². The Labute approximate surface area is 111 Å². The maximum absolute atomic E-state index is 11.1. The molecular weight excluding hydrogens is 240 g/mol. The molecule has 2 aromatic carbocycles. The standard InChI is InChI=1S/C16H14O3/c17-11-15-13(7-4-8-14(15)16(18)19)10-9-12-5-2-1-3-6-12/h1-8,11H,9-10H2,(H,18,19). The number of carboxylic acid groups (broad SMARTS) is 1. The second-order valence-corrected chi connectivity index (χ2v) is 4.29. The summed E-state index contributed by atoms with van der Waals surface area (Å²) in [4.78, 5) is 22.1. The number of aldehydes is 1.